The molecule has 1 aromatic heterocycles. The van der Waals surface area contributed by atoms with Gasteiger partial charge in [0, 0.05) is 25.4 Å². The van der Waals surface area contributed by atoms with Crippen molar-refractivity contribution in [3.63, 3.8) is 0 Å². The van der Waals surface area contributed by atoms with Crippen molar-refractivity contribution < 1.29 is 14.7 Å². The number of likely N-dealkylation sites (tertiary alicyclic amines) is 1. The number of pyridine rings is 1. The highest BCUT2D eigenvalue weighted by molar-refractivity contribution is 5.87. The first kappa shape index (κ1) is 20.9. The van der Waals surface area contributed by atoms with E-state index in [1.807, 2.05) is 4.90 Å². The monoisotopic (exact) mass is 370 g/mol. The molecule has 0 spiro atoms. The van der Waals surface area contributed by atoms with E-state index in [9.17, 15) is 9.59 Å². The van der Waals surface area contributed by atoms with E-state index in [1.54, 1.807) is 12.3 Å². The van der Waals surface area contributed by atoms with Gasteiger partial charge in [-0.1, -0.05) is 37.1 Å². The zero-order valence-electron chi connectivity index (χ0n) is 16.4. The summed E-state index contributed by atoms with van der Waals surface area (Å²) in [5.41, 5.74) is 2.47. The number of nitrogens with zero attached hydrogens (tertiary/aromatic N) is 2. The number of unbranched alkanes of at least 4 members (excludes halogenated alkanes) is 1. The van der Waals surface area contributed by atoms with Crippen molar-refractivity contribution >= 4 is 11.9 Å². The van der Waals surface area contributed by atoms with Gasteiger partial charge in [-0.3, -0.25) is 9.78 Å². The molecule has 1 aliphatic heterocycles. The Morgan fingerprint density at radius 3 is 2.93 bits per heavy atom. The van der Waals surface area contributed by atoms with E-state index < -0.39 is 5.97 Å². The maximum Gasteiger partial charge on any atom is 0.337 e. The largest absolute Gasteiger partial charge is 0.478 e. The lowest BCUT2D eigenvalue weighted by atomic mass is 10.1. The minimum absolute atomic E-state index is 0.163. The summed E-state index contributed by atoms with van der Waals surface area (Å²) >= 11 is 0. The zero-order valence-corrected chi connectivity index (χ0v) is 16.4. The van der Waals surface area contributed by atoms with Gasteiger partial charge in [0.25, 0.3) is 0 Å². The molecule has 1 fully saturated rings. The van der Waals surface area contributed by atoms with E-state index >= 15 is 0 Å². The van der Waals surface area contributed by atoms with Gasteiger partial charge in [0.15, 0.2) is 0 Å². The second kappa shape index (κ2) is 10.7. The molecule has 1 N–H and O–H groups in total. The molecule has 2 rings (SSSR count). The summed E-state index contributed by atoms with van der Waals surface area (Å²) in [7, 11) is 0. The molecule has 0 bridgehead atoms. The Labute approximate surface area is 161 Å². The van der Waals surface area contributed by atoms with E-state index in [-0.39, 0.29) is 17.5 Å². The molecule has 0 radical (unpaired) electrons. The van der Waals surface area contributed by atoms with Crippen LogP contribution in [0.4, 0.5) is 0 Å². The van der Waals surface area contributed by atoms with Crippen molar-refractivity contribution in [1.82, 2.24) is 9.88 Å². The number of carbonyl (C=O) groups excluding carboxylic acids is 1. The standard InChI is InChI=1S/C22H30N2O3/c1-3-4-7-17(2)8-5-10-20-11-12-21(25)24(20)13-6-9-18-14-19(22(26)27)16-23-15-18/h5,8,10,14-16,20H,3-4,6-7,9,11-13H2,1-2H3,(H,26,27). The Morgan fingerprint density at radius 2 is 2.19 bits per heavy atom. The fraction of sp³-hybridized carbons (Fsp3) is 0.500. The number of carbonyl (C=O) groups is 2. The van der Waals surface area contributed by atoms with Crippen LogP contribution in [-0.2, 0) is 11.2 Å². The summed E-state index contributed by atoms with van der Waals surface area (Å²) in [5, 5.41) is 9.04. The predicted octanol–water partition coefficient (Wildman–Crippen LogP) is 4.40. The van der Waals surface area contributed by atoms with Gasteiger partial charge < -0.3 is 10.0 Å². The Hall–Kier alpha value is -2.43. The SMILES string of the molecule is CCCCC(C)=CC=CC1CCC(=O)N1CCCc1cncc(C(=O)O)c1. The molecule has 2 heterocycles. The Kier molecular flexibility index (Phi) is 8.24. The van der Waals surface area contributed by atoms with Gasteiger partial charge >= 0.3 is 5.97 Å². The van der Waals surface area contributed by atoms with Gasteiger partial charge in [0.1, 0.15) is 0 Å². The third-order valence-corrected chi connectivity index (χ3v) is 4.92. The van der Waals surface area contributed by atoms with Crippen LogP contribution in [0.3, 0.4) is 0 Å². The number of allylic oxidation sites excluding steroid dienone is 3. The average molecular weight is 370 g/mol. The second-order valence-corrected chi connectivity index (χ2v) is 7.19. The molecule has 5 nitrogen and oxygen atoms in total. The molecule has 1 aliphatic rings. The first-order chi connectivity index (χ1) is 13.0. The number of hydrogen-bond donors (Lipinski definition) is 1. The van der Waals surface area contributed by atoms with Crippen LogP contribution in [0.2, 0.25) is 0 Å². The average Bonchev–Trinajstić information content (AvgIpc) is 3.00. The van der Waals surface area contributed by atoms with Crippen molar-refractivity contribution in [2.45, 2.75) is 64.8 Å². The van der Waals surface area contributed by atoms with Gasteiger partial charge in [-0.25, -0.2) is 4.79 Å². The Bertz CT molecular complexity index is 709. The van der Waals surface area contributed by atoms with Gasteiger partial charge in [0.05, 0.1) is 11.6 Å². The smallest absolute Gasteiger partial charge is 0.337 e. The van der Waals surface area contributed by atoms with Gasteiger partial charge in [-0.15, -0.1) is 0 Å². The molecule has 0 aromatic carbocycles. The molecular weight excluding hydrogens is 340 g/mol. The quantitative estimate of drug-likeness (QED) is 0.620. The highest BCUT2D eigenvalue weighted by Gasteiger charge is 2.28. The van der Waals surface area contributed by atoms with Crippen LogP contribution in [0.15, 0.2) is 42.3 Å². The molecule has 1 aromatic rings. The number of amides is 1. The molecule has 1 amide bonds. The lowest BCUT2D eigenvalue weighted by Gasteiger charge is -2.22. The minimum atomic E-state index is -0.966. The summed E-state index contributed by atoms with van der Waals surface area (Å²) in [4.78, 5) is 29.1. The van der Waals surface area contributed by atoms with E-state index in [4.69, 9.17) is 5.11 Å². The van der Waals surface area contributed by atoms with Crippen LogP contribution in [0.25, 0.3) is 0 Å². The highest BCUT2D eigenvalue weighted by Crippen LogP contribution is 2.21. The number of aromatic carboxylic acids is 1. The first-order valence-corrected chi connectivity index (χ1v) is 9.82. The lowest BCUT2D eigenvalue weighted by Crippen LogP contribution is -2.32. The van der Waals surface area contributed by atoms with Crippen LogP contribution in [0.5, 0.6) is 0 Å². The van der Waals surface area contributed by atoms with E-state index in [0.717, 1.165) is 24.8 Å². The number of aryl methyl sites for hydroxylation is 1. The molecule has 146 valence electrons. The molecule has 1 unspecified atom stereocenters. The fourth-order valence-electron chi connectivity index (χ4n) is 3.33. The molecule has 1 atom stereocenters. The third-order valence-electron chi connectivity index (χ3n) is 4.92. The fourth-order valence-corrected chi connectivity index (χ4v) is 3.33. The van der Waals surface area contributed by atoms with Crippen molar-refractivity contribution in [2.24, 2.45) is 0 Å². The first-order valence-electron chi connectivity index (χ1n) is 9.82. The summed E-state index contributed by atoms with van der Waals surface area (Å²) in [6.07, 6.45) is 15.9. The summed E-state index contributed by atoms with van der Waals surface area (Å²) < 4.78 is 0. The molecule has 27 heavy (non-hydrogen) atoms. The van der Waals surface area contributed by atoms with Crippen LogP contribution < -0.4 is 0 Å². The van der Waals surface area contributed by atoms with Crippen LogP contribution in [0, 0.1) is 0 Å². The van der Waals surface area contributed by atoms with Crippen LogP contribution in [-0.4, -0.2) is 39.5 Å². The lowest BCUT2D eigenvalue weighted by molar-refractivity contribution is -0.128. The van der Waals surface area contributed by atoms with Crippen molar-refractivity contribution in [1.29, 1.82) is 0 Å². The van der Waals surface area contributed by atoms with Gasteiger partial charge in [-0.05, 0) is 50.7 Å². The zero-order chi connectivity index (χ0) is 19.6. The molecular formula is C22H30N2O3. The maximum absolute atomic E-state index is 12.2. The summed E-state index contributed by atoms with van der Waals surface area (Å²) in [6, 6.07) is 1.82. The number of carboxylic acids is 1. The highest BCUT2D eigenvalue weighted by atomic mass is 16.4. The van der Waals surface area contributed by atoms with Gasteiger partial charge in [-0.2, -0.15) is 0 Å². The number of hydrogen-bond acceptors (Lipinski definition) is 3. The van der Waals surface area contributed by atoms with Crippen molar-refractivity contribution in [2.75, 3.05) is 6.54 Å². The predicted molar refractivity (Wildman–Crippen MR) is 107 cm³/mol. The number of carboxylic acid groups (broad SMARTS) is 1. The number of aromatic nitrogens is 1. The molecule has 1 saturated heterocycles. The summed E-state index contributed by atoms with van der Waals surface area (Å²) in [6.45, 7) is 5.03. The Balaban J connectivity index is 1.87. The van der Waals surface area contributed by atoms with E-state index in [1.165, 1.54) is 24.6 Å². The maximum atomic E-state index is 12.2. The third kappa shape index (κ3) is 6.66. The summed E-state index contributed by atoms with van der Waals surface area (Å²) in [5.74, 6) is -0.764. The van der Waals surface area contributed by atoms with E-state index in [0.29, 0.717) is 19.4 Å². The van der Waals surface area contributed by atoms with Crippen molar-refractivity contribution in [3.8, 4) is 0 Å². The van der Waals surface area contributed by atoms with Crippen LogP contribution >= 0.6 is 0 Å². The van der Waals surface area contributed by atoms with Crippen molar-refractivity contribution in [3.05, 3.63) is 53.4 Å². The topological polar surface area (TPSA) is 70.5 Å². The van der Waals surface area contributed by atoms with Crippen LogP contribution in [0.1, 0.15) is 68.3 Å². The Morgan fingerprint density at radius 1 is 1.37 bits per heavy atom. The van der Waals surface area contributed by atoms with E-state index in [2.05, 4.69) is 37.1 Å². The minimum Gasteiger partial charge on any atom is -0.478 e. The second-order valence-electron chi connectivity index (χ2n) is 7.19. The molecule has 0 aliphatic carbocycles. The van der Waals surface area contributed by atoms with Gasteiger partial charge in [0.2, 0.25) is 5.91 Å². The molecule has 5 heteroatoms. The number of rotatable bonds is 10. The normalized spacial score (nSPS) is 17.9. The molecule has 0 saturated carbocycles.